The van der Waals surface area contributed by atoms with Crippen molar-refractivity contribution in [1.29, 1.82) is 0 Å². The molecule has 2 aromatic rings. The Hall–Kier alpha value is -1.74. The molecule has 0 unspecified atom stereocenters. The van der Waals surface area contributed by atoms with E-state index in [2.05, 4.69) is 38.2 Å². The van der Waals surface area contributed by atoms with Crippen molar-refractivity contribution >= 4 is 0 Å². The zero-order valence-electron chi connectivity index (χ0n) is 12.5. The molecule has 1 aromatic heterocycles. The van der Waals surface area contributed by atoms with E-state index in [4.69, 9.17) is 9.15 Å². The summed E-state index contributed by atoms with van der Waals surface area (Å²) in [7, 11) is 0. The van der Waals surface area contributed by atoms with Crippen LogP contribution < -0.4 is 10.1 Å². The van der Waals surface area contributed by atoms with Crippen molar-refractivity contribution < 1.29 is 9.15 Å². The molecule has 0 atom stereocenters. The molecule has 3 heteroatoms. The number of furan rings is 1. The fraction of sp³-hybridized carbons (Fsp3) is 0.412. The standard InChI is InChI=1S/C17H23NO2/c1-4-8-18-11-15-7-9-19-17(15)12-20-16-6-5-13(2)10-14(16)3/h5-7,9-10,18H,4,8,11-12H2,1-3H3. The average molecular weight is 273 g/mol. The van der Waals surface area contributed by atoms with Crippen molar-refractivity contribution in [3.8, 4) is 5.75 Å². The van der Waals surface area contributed by atoms with Gasteiger partial charge in [0.05, 0.1) is 6.26 Å². The molecule has 108 valence electrons. The first-order valence-corrected chi connectivity index (χ1v) is 7.16. The van der Waals surface area contributed by atoms with Gasteiger partial charge in [-0.05, 0) is 44.5 Å². The van der Waals surface area contributed by atoms with Crippen LogP contribution in [-0.4, -0.2) is 6.54 Å². The number of aryl methyl sites for hydroxylation is 2. The fourth-order valence-electron chi connectivity index (χ4n) is 2.16. The molecule has 2 rings (SSSR count). The zero-order valence-corrected chi connectivity index (χ0v) is 12.5. The van der Waals surface area contributed by atoms with E-state index < -0.39 is 0 Å². The lowest BCUT2D eigenvalue weighted by atomic mass is 10.1. The second-order valence-corrected chi connectivity index (χ2v) is 5.10. The third kappa shape index (κ3) is 3.87. The summed E-state index contributed by atoms with van der Waals surface area (Å²) in [5.41, 5.74) is 3.57. The Balaban J connectivity index is 1.95. The van der Waals surface area contributed by atoms with Gasteiger partial charge in [-0.1, -0.05) is 24.6 Å². The highest BCUT2D eigenvalue weighted by Gasteiger charge is 2.08. The number of ether oxygens (including phenoxy) is 1. The first-order chi connectivity index (χ1) is 9.70. The van der Waals surface area contributed by atoms with Gasteiger partial charge in [-0.2, -0.15) is 0 Å². The first-order valence-electron chi connectivity index (χ1n) is 7.16. The molecule has 0 bridgehead atoms. The van der Waals surface area contributed by atoms with E-state index in [0.717, 1.165) is 36.6 Å². The third-order valence-corrected chi connectivity index (χ3v) is 3.27. The molecule has 0 aliphatic heterocycles. The molecule has 20 heavy (non-hydrogen) atoms. The van der Waals surface area contributed by atoms with Gasteiger partial charge in [0.25, 0.3) is 0 Å². The quantitative estimate of drug-likeness (QED) is 0.775. The number of benzene rings is 1. The number of hydrogen-bond acceptors (Lipinski definition) is 3. The van der Waals surface area contributed by atoms with Gasteiger partial charge in [0, 0.05) is 12.1 Å². The van der Waals surface area contributed by atoms with Crippen LogP contribution in [0.25, 0.3) is 0 Å². The van der Waals surface area contributed by atoms with E-state index in [1.54, 1.807) is 6.26 Å². The van der Waals surface area contributed by atoms with Crippen molar-refractivity contribution in [2.75, 3.05) is 6.54 Å². The van der Waals surface area contributed by atoms with Gasteiger partial charge in [-0.25, -0.2) is 0 Å². The molecule has 0 aliphatic carbocycles. The smallest absolute Gasteiger partial charge is 0.146 e. The number of nitrogens with one attached hydrogen (secondary N) is 1. The molecule has 1 heterocycles. The van der Waals surface area contributed by atoms with E-state index >= 15 is 0 Å². The largest absolute Gasteiger partial charge is 0.485 e. The lowest BCUT2D eigenvalue weighted by Crippen LogP contribution is -2.14. The lowest BCUT2D eigenvalue weighted by Gasteiger charge is -2.10. The molecule has 0 radical (unpaired) electrons. The van der Waals surface area contributed by atoms with Crippen LogP contribution in [0.3, 0.4) is 0 Å². The molecular formula is C17H23NO2. The number of rotatable bonds is 7. The van der Waals surface area contributed by atoms with Gasteiger partial charge in [0.15, 0.2) is 0 Å². The Labute approximate surface area is 121 Å². The van der Waals surface area contributed by atoms with E-state index in [-0.39, 0.29) is 0 Å². The summed E-state index contributed by atoms with van der Waals surface area (Å²) in [6, 6.07) is 8.21. The molecule has 1 N–H and O–H groups in total. The summed E-state index contributed by atoms with van der Waals surface area (Å²) < 4.78 is 11.4. The monoisotopic (exact) mass is 273 g/mol. The summed E-state index contributed by atoms with van der Waals surface area (Å²) in [5, 5.41) is 3.38. The minimum atomic E-state index is 0.472. The summed E-state index contributed by atoms with van der Waals surface area (Å²) in [6.45, 7) is 8.63. The molecule has 0 fully saturated rings. The van der Waals surface area contributed by atoms with E-state index in [0.29, 0.717) is 6.61 Å². The van der Waals surface area contributed by atoms with Crippen LogP contribution in [-0.2, 0) is 13.2 Å². The molecule has 0 saturated heterocycles. The summed E-state index contributed by atoms with van der Waals surface area (Å²) in [6.07, 6.45) is 2.86. The Morgan fingerprint density at radius 1 is 1.20 bits per heavy atom. The van der Waals surface area contributed by atoms with Crippen LogP contribution in [0.15, 0.2) is 34.9 Å². The van der Waals surface area contributed by atoms with Gasteiger partial charge in [-0.15, -0.1) is 0 Å². The maximum absolute atomic E-state index is 5.86. The zero-order chi connectivity index (χ0) is 14.4. The molecule has 0 amide bonds. The number of hydrogen-bond donors (Lipinski definition) is 1. The van der Waals surface area contributed by atoms with Crippen LogP contribution >= 0.6 is 0 Å². The minimum absolute atomic E-state index is 0.472. The Morgan fingerprint density at radius 3 is 2.80 bits per heavy atom. The maximum Gasteiger partial charge on any atom is 0.146 e. The molecular weight excluding hydrogens is 250 g/mol. The van der Waals surface area contributed by atoms with Crippen molar-refractivity contribution in [2.45, 2.75) is 40.3 Å². The highest BCUT2D eigenvalue weighted by Crippen LogP contribution is 2.21. The Bertz CT molecular complexity index is 546. The predicted molar refractivity (Wildman–Crippen MR) is 81.0 cm³/mol. The topological polar surface area (TPSA) is 34.4 Å². The van der Waals surface area contributed by atoms with Gasteiger partial charge in [0.1, 0.15) is 18.1 Å². The van der Waals surface area contributed by atoms with Crippen LogP contribution in [0, 0.1) is 13.8 Å². The normalized spacial score (nSPS) is 10.8. The SMILES string of the molecule is CCCNCc1ccoc1COc1ccc(C)cc1C. The van der Waals surface area contributed by atoms with E-state index in [1.807, 2.05) is 12.1 Å². The molecule has 3 nitrogen and oxygen atoms in total. The second-order valence-electron chi connectivity index (χ2n) is 5.10. The highest BCUT2D eigenvalue weighted by molar-refractivity contribution is 5.35. The van der Waals surface area contributed by atoms with Crippen molar-refractivity contribution in [3.63, 3.8) is 0 Å². The van der Waals surface area contributed by atoms with Crippen LogP contribution in [0.1, 0.15) is 35.8 Å². The molecule has 1 aromatic carbocycles. The summed E-state index contributed by atoms with van der Waals surface area (Å²) in [5.74, 6) is 1.81. The fourth-order valence-corrected chi connectivity index (χ4v) is 2.16. The molecule has 0 aliphatic rings. The van der Waals surface area contributed by atoms with Gasteiger partial charge >= 0.3 is 0 Å². The van der Waals surface area contributed by atoms with E-state index in [1.165, 1.54) is 11.1 Å². The van der Waals surface area contributed by atoms with E-state index in [9.17, 15) is 0 Å². The summed E-state index contributed by atoms with van der Waals surface area (Å²) >= 11 is 0. The second kappa shape index (κ2) is 7.15. The van der Waals surface area contributed by atoms with Crippen molar-refractivity contribution in [1.82, 2.24) is 5.32 Å². The highest BCUT2D eigenvalue weighted by atomic mass is 16.5. The predicted octanol–water partition coefficient (Wildman–Crippen LogP) is 3.98. The van der Waals surface area contributed by atoms with Gasteiger partial charge in [0.2, 0.25) is 0 Å². The average Bonchev–Trinajstić information content (AvgIpc) is 2.86. The van der Waals surface area contributed by atoms with Crippen molar-refractivity contribution in [3.05, 3.63) is 53.0 Å². The Morgan fingerprint density at radius 2 is 2.05 bits per heavy atom. The van der Waals surface area contributed by atoms with Gasteiger partial charge < -0.3 is 14.5 Å². The van der Waals surface area contributed by atoms with Crippen LogP contribution in [0.4, 0.5) is 0 Å². The minimum Gasteiger partial charge on any atom is -0.485 e. The Kier molecular flexibility index (Phi) is 5.24. The van der Waals surface area contributed by atoms with Crippen LogP contribution in [0.5, 0.6) is 5.75 Å². The van der Waals surface area contributed by atoms with Gasteiger partial charge in [-0.3, -0.25) is 0 Å². The maximum atomic E-state index is 5.86. The first kappa shape index (κ1) is 14.7. The molecule has 0 saturated carbocycles. The third-order valence-electron chi connectivity index (χ3n) is 3.27. The molecule has 0 spiro atoms. The van der Waals surface area contributed by atoms with Crippen LogP contribution in [0.2, 0.25) is 0 Å². The summed E-state index contributed by atoms with van der Waals surface area (Å²) in [4.78, 5) is 0. The van der Waals surface area contributed by atoms with Crippen molar-refractivity contribution in [2.24, 2.45) is 0 Å². The lowest BCUT2D eigenvalue weighted by molar-refractivity contribution is 0.266.